The third kappa shape index (κ3) is 7.34. The minimum Gasteiger partial charge on any atom is -0.303 e. The first-order chi connectivity index (χ1) is 8.72. The Kier molecular flexibility index (Phi) is 8.64. The molecular formula is C15H32N2O. The van der Waals surface area contributed by atoms with Crippen molar-refractivity contribution in [3.05, 3.63) is 0 Å². The smallest absolute Gasteiger partial charge is 0.0575 e. The van der Waals surface area contributed by atoms with Crippen molar-refractivity contribution in [2.45, 2.75) is 52.4 Å². The van der Waals surface area contributed by atoms with Crippen molar-refractivity contribution < 1.29 is 4.84 Å². The fourth-order valence-electron chi connectivity index (χ4n) is 2.71. The van der Waals surface area contributed by atoms with E-state index in [1.54, 1.807) is 7.11 Å². The molecule has 1 rings (SSSR count). The van der Waals surface area contributed by atoms with Crippen LogP contribution in [0.25, 0.3) is 0 Å². The van der Waals surface area contributed by atoms with Crippen molar-refractivity contribution >= 4 is 0 Å². The number of hydrogen-bond acceptors (Lipinski definition) is 3. The van der Waals surface area contributed by atoms with Crippen molar-refractivity contribution in [3.8, 4) is 0 Å². The molecular weight excluding hydrogens is 224 g/mol. The summed E-state index contributed by atoms with van der Waals surface area (Å²) >= 11 is 0. The molecule has 0 amide bonds. The second-order valence-electron chi connectivity index (χ2n) is 5.93. The van der Waals surface area contributed by atoms with Crippen LogP contribution < -0.4 is 0 Å². The minimum atomic E-state index is 0.793. The maximum atomic E-state index is 5.39. The van der Waals surface area contributed by atoms with Gasteiger partial charge in [-0.3, -0.25) is 0 Å². The van der Waals surface area contributed by atoms with Gasteiger partial charge in [0.15, 0.2) is 0 Å². The first kappa shape index (κ1) is 15.9. The van der Waals surface area contributed by atoms with Crippen LogP contribution in [0, 0.1) is 5.92 Å². The van der Waals surface area contributed by atoms with Gasteiger partial charge < -0.3 is 9.74 Å². The topological polar surface area (TPSA) is 15.7 Å². The molecule has 1 fully saturated rings. The molecule has 0 atom stereocenters. The van der Waals surface area contributed by atoms with Crippen LogP contribution in [0.2, 0.25) is 0 Å². The van der Waals surface area contributed by atoms with E-state index in [0.29, 0.717) is 0 Å². The standard InChI is InChI=1S/C15H32N2O/c1-15(2)14-16-10-6-4-8-12-17(18-3)13-9-5-7-11-16/h15H,4-14H2,1-3H3. The molecule has 0 unspecified atom stereocenters. The van der Waals surface area contributed by atoms with Crippen LogP contribution in [-0.4, -0.2) is 49.8 Å². The molecule has 3 heteroatoms. The van der Waals surface area contributed by atoms with Gasteiger partial charge in [-0.1, -0.05) is 26.7 Å². The molecule has 18 heavy (non-hydrogen) atoms. The first-order valence-electron chi connectivity index (χ1n) is 7.73. The second kappa shape index (κ2) is 9.76. The van der Waals surface area contributed by atoms with Crippen LogP contribution in [0.3, 0.4) is 0 Å². The summed E-state index contributed by atoms with van der Waals surface area (Å²) in [4.78, 5) is 8.06. The molecule has 0 aliphatic carbocycles. The van der Waals surface area contributed by atoms with E-state index in [9.17, 15) is 0 Å². The molecule has 1 saturated heterocycles. The van der Waals surface area contributed by atoms with Gasteiger partial charge >= 0.3 is 0 Å². The number of hydroxylamine groups is 2. The summed E-state index contributed by atoms with van der Waals surface area (Å²) in [5, 5.41) is 2.13. The Morgan fingerprint density at radius 3 is 1.78 bits per heavy atom. The summed E-state index contributed by atoms with van der Waals surface area (Å²) in [6.45, 7) is 10.7. The van der Waals surface area contributed by atoms with E-state index in [0.717, 1.165) is 19.0 Å². The monoisotopic (exact) mass is 256 g/mol. The fraction of sp³-hybridized carbons (Fsp3) is 1.00. The molecule has 0 N–H and O–H groups in total. The Bertz CT molecular complexity index is 183. The highest BCUT2D eigenvalue weighted by Gasteiger charge is 2.09. The summed E-state index contributed by atoms with van der Waals surface area (Å²) in [5.74, 6) is 0.793. The summed E-state index contributed by atoms with van der Waals surface area (Å²) < 4.78 is 0. The Labute approximate surface area is 113 Å². The van der Waals surface area contributed by atoms with E-state index in [4.69, 9.17) is 4.84 Å². The van der Waals surface area contributed by atoms with Crippen LogP contribution in [0.1, 0.15) is 52.4 Å². The highest BCUT2D eigenvalue weighted by molar-refractivity contribution is 4.63. The van der Waals surface area contributed by atoms with Crippen molar-refractivity contribution in [1.82, 2.24) is 9.96 Å². The Morgan fingerprint density at radius 2 is 1.33 bits per heavy atom. The Balaban J connectivity index is 2.31. The molecule has 0 spiro atoms. The lowest BCUT2D eigenvalue weighted by Gasteiger charge is -2.26. The van der Waals surface area contributed by atoms with Gasteiger partial charge in [0.25, 0.3) is 0 Å². The molecule has 1 aliphatic heterocycles. The van der Waals surface area contributed by atoms with Crippen LogP contribution >= 0.6 is 0 Å². The molecule has 0 aromatic heterocycles. The van der Waals surface area contributed by atoms with E-state index in [2.05, 4.69) is 23.8 Å². The maximum absolute atomic E-state index is 5.39. The average molecular weight is 256 g/mol. The first-order valence-corrected chi connectivity index (χ1v) is 7.73. The van der Waals surface area contributed by atoms with E-state index in [-0.39, 0.29) is 0 Å². The molecule has 0 bridgehead atoms. The van der Waals surface area contributed by atoms with E-state index >= 15 is 0 Å². The second-order valence-corrected chi connectivity index (χ2v) is 5.93. The highest BCUT2D eigenvalue weighted by Crippen LogP contribution is 2.09. The predicted octanol–water partition coefficient (Wildman–Crippen LogP) is 3.16. The third-order valence-corrected chi connectivity index (χ3v) is 3.65. The van der Waals surface area contributed by atoms with Gasteiger partial charge in [0.2, 0.25) is 0 Å². The molecule has 0 saturated carbocycles. The summed E-state index contributed by atoms with van der Waals surface area (Å²) in [5.41, 5.74) is 0. The molecule has 108 valence electrons. The van der Waals surface area contributed by atoms with Crippen LogP contribution in [0.4, 0.5) is 0 Å². The highest BCUT2D eigenvalue weighted by atomic mass is 16.7. The lowest BCUT2D eigenvalue weighted by atomic mass is 10.1. The van der Waals surface area contributed by atoms with Crippen molar-refractivity contribution in [2.24, 2.45) is 5.92 Å². The van der Waals surface area contributed by atoms with Crippen molar-refractivity contribution in [1.29, 1.82) is 0 Å². The quantitative estimate of drug-likeness (QED) is 0.771. The molecule has 0 aromatic rings. The SMILES string of the molecule is CON1CCCCCN(CC(C)C)CCCCC1. The zero-order valence-electron chi connectivity index (χ0n) is 12.7. The molecule has 0 aromatic carbocycles. The van der Waals surface area contributed by atoms with Crippen LogP contribution in [0.15, 0.2) is 0 Å². The van der Waals surface area contributed by atoms with Gasteiger partial charge in [0.05, 0.1) is 7.11 Å². The van der Waals surface area contributed by atoms with Gasteiger partial charge in [-0.25, -0.2) is 0 Å². The number of hydrogen-bond donors (Lipinski definition) is 0. The fourth-order valence-corrected chi connectivity index (χ4v) is 2.71. The summed E-state index contributed by atoms with van der Waals surface area (Å²) in [7, 11) is 1.80. The molecule has 1 heterocycles. The zero-order chi connectivity index (χ0) is 13.2. The molecule has 1 aliphatic rings. The Hall–Kier alpha value is -0.120. The van der Waals surface area contributed by atoms with Gasteiger partial charge in [0, 0.05) is 19.6 Å². The normalized spacial score (nSPS) is 22.7. The van der Waals surface area contributed by atoms with Gasteiger partial charge in [0.1, 0.15) is 0 Å². The van der Waals surface area contributed by atoms with Crippen molar-refractivity contribution in [2.75, 3.05) is 39.8 Å². The van der Waals surface area contributed by atoms with E-state index < -0.39 is 0 Å². The summed E-state index contributed by atoms with van der Waals surface area (Å²) in [6.07, 6.45) is 7.87. The van der Waals surface area contributed by atoms with Crippen molar-refractivity contribution in [3.63, 3.8) is 0 Å². The minimum absolute atomic E-state index is 0.793. The lowest BCUT2D eigenvalue weighted by Crippen LogP contribution is -2.31. The number of rotatable bonds is 3. The summed E-state index contributed by atoms with van der Waals surface area (Å²) in [6, 6.07) is 0. The van der Waals surface area contributed by atoms with E-state index in [1.807, 2.05) is 0 Å². The van der Waals surface area contributed by atoms with Gasteiger partial charge in [-0.15, -0.1) is 0 Å². The lowest BCUT2D eigenvalue weighted by molar-refractivity contribution is -0.132. The number of nitrogens with zero attached hydrogens (tertiary/aromatic N) is 2. The van der Waals surface area contributed by atoms with Gasteiger partial charge in [-0.2, -0.15) is 5.06 Å². The van der Waals surface area contributed by atoms with Crippen LogP contribution in [0.5, 0.6) is 0 Å². The molecule has 0 radical (unpaired) electrons. The largest absolute Gasteiger partial charge is 0.303 e. The maximum Gasteiger partial charge on any atom is 0.0575 e. The van der Waals surface area contributed by atoms with Gasteiger partial charge in [-0.05, 0) is 44.7 Å². The van der Waals surface area contributed by atoms with E-state index in [1.165, 1.54) is 58.2 Å². The average Bonchev–Trinajstić information content (AvgIpc) is 2.32. The Morgan fingerprint density at radius 1 is 0.833 bits per heavy atom. The third-order valence-electron chi connectivity index (χ3n) is 3.65. The predicted molar refractivity (Wildman–Crippen MR) is 77.6 cm³/mol. The molecule has 3 nitrogen and oxygen atoms in total. The van der Waals surface area contributed by atoms with Crippen LogP contribution in [-0.2, 0) is 4.84 Å². The zero-order valence-corrected chi connectivity index (χ0v) is 12.7.